The summed E-state index contributed by atoms with van der Waals surface area (Å²) in [5.41, 5.74) is 6.67. The largest absolute Gasteiger partial charge is 0.480 e. The number of hydrogen-bond acceptors (Lipinski definition) is 4. The summed E-state index contributed by atoms with van der Waals surface area (Å²) in [6.07, 6.45) is -5.36. The molecule has 0 bridgehead atoms. The molecule has 2 aromatic rings. The van der Waals surface area contributed by atoms with Crippen molar-refractivity contribution >= 4 is 27.3 Å². The monoisotopic (exact) mass is 462 g/mol. The second kappa shape index (κ2) is 9.80. The maximum atomic E-state index is 13.6. The molecule has 2 rings (SSSR count). The first-order valence-electron chi connectivity index (χ1n) is 9.05. The van der Waals surface area contributed by atoms with Crippen LogP contribution in [0.25, 0.3) is 11.1 Å². The van der Waals surface area contributed by atoms with Crippen molar-refractivity contribution in [1.82, 2.24) is 0 Å². The summed E-state index contributed by atoms with van der Waals surface area (Å²) in [5, 5.41) is 9.22. The Hall–Kier alpha value is -2.10. The molecule has 2 unspecified atom stereocenters. The highest BCUT2D eigenvalue weighted by Crippen LogP contribution is 2.39. The van der Waals surface area contributed by atoms with E-state index in [-0.39, 0.29) is 17.7 Å². The average Bonchev–Trinajstić information content (AvgIpc) is 2.66. The van der Waals surface area contributed by atoms with Crippen molar-refractivity contribution in [2.45, 2.75) is 31.0 Å². The Morgan fingerprint density at radius 1 is 1.10 bits per heavy atom. The van der Waals surface area contributed by atoms with Crippen LogP contribution in [0, 0.1) is 4.78 Å². The molecule has 5 nitrogen and oxygen atoms in total. The minimum atomic E-state index is -4.58. The zero-order chi connectivity index (χ0) is 22.5. The number of carbonyl (C=O) groups is 1. The summed E-state index contributed by atoms with van der Waals surface area (Å²) in [6.45, 7) is 0. The van der Waals surface area contributed by atoms with Crippen LogP contribution in [0.1, 0.15) is 24.3 Å². The molecule has 4 N–H and O–H groups in total. The predicted octanol–water partition coefficient (Wildman–Crippen LogP) is 4.89. The summed E-state index contributed by atoms with van der Waals surface area (Å²) >= 11 is 6.13. The van der Waals surface area contributed by atoms with Gasteiger partial charge in [-0.1, -0.05) is 54.1 Å². The van der Waals surface area contributed by atoms with Gasteiger partial charge >= 0.3 is 12.1 Å². The molecular formula is C20H22ClF3N2O3S. The number of nitrogens with two attached hydrogens (primary N) is 1. The molecule has 0 saturated heterocycles. The van der Waals surface area contributed by atoms with Gasteiger partial charge < -0.3 is 10.8 Å². The van der Waals surface area contributed by atoms with Crippen molar-refractivity contribution < 1.29 is 27.3 Å². The maximum absolute atomic E-state index is 13.6. The highest BCUT2D eigenvalue weighted by molar-refractivity contribution is 7.92. The molecule has 10 heteroatoms. The van der Waals surface area contributed by atoms with Crippen LogP contribution in [0.15, 0.2) is 48.5 Å². The normalized spacial score (nSPS) is 15.9. The van der Waals surface area contributed by atoms with Crippen molar-refractivity contribution in [2.24, 2.45) is 5.73 Å². The third-order valence-corrected chi connectivity index (χ3v) is 6.83. The molecule has 3 atom stereocenters. The van der Waals surface area contributed by atoms with Gasteiger partial charge in [-0.25, -0.2) is 4.21 Å². The molecule has 0 saturated carbocycles. The first-order chi connectivity index (χ1) is 13.9. The Morgan fingerprint density at radius 3 is 2.20 bits per heavy atom. The van der Waals surface area contributed by atoms with Crippen LogP contribution < -0.4 is 5.73 Å². The molecule has 0 amide bonds. The van der Waals surface area contributed by atoms with Crippen molar-refractivity contribution in [3.63, 3.8) is 0 Å². The van der Waals surface area contributed by atoms with Gasteiger partial charge in [0.15, 0.2) is 0 Å². The van der Waals surface area contributed by atoms with Gasteiger partial charge in [0.25, 0.3) is 0 Å². The fourth-order valence-electron chi connectivity index (χ4n) is 2.96. The van der Waals surface area contributed by atoms with E-state index in [2.05, 4.69) is 0 Å². The van der Waals surface area contributed by atoms with E-state index in [1.807, 2.05) is 0 Å². The lowest BCUT2D eigenvalue weighted by Gasteiger charge is -2.22. The zero-order valence-corrected chi connectivity index (χ0v) is 17.4. The second-order valence-electron chi connectivity index (χ2n) is 6.94. The Labute approximate surface area is 178 Å². The molecule has 2 aromatic carbocycles. The van der Waals surface area contributed by atoms with Gasteiger partial charge in [0.1, 0.15) is 6.04 Å². The fourth-order valence-corrected chi connectivity index (χ4v) is 4.66. The molecule has 0 aliphatic rings. The van der Waals surface area contributed by atoms with Crippen molar-refractivity contribution in [2.75, 3.05) is 11.5 Å². The van der Waals surface area contributed by atoms with Crippen LogP contribution >= 0.6 is 11.6 Å². The third-order valence-electron chi connectivity index (χ3n) is 4.71. The van der Waals surface area contributed by atoms with Crippen LogP contribution in [0.5, 0.6) is 0 Å². The van der Waals surface area contributed by atoms with Crippen LogP contribution in [0.4, 0.5) is 13.2 Å². The molecule has 0 aromatic heterocycles. The van der Waals surface area contributed by atoms with E-state index in [0.29, 0.717) is 16.1 Å². The number of carboxylic acids is 1. The average molecular weight is 463 g/mol. The topological polar surface area (TPSA) is 104 Å². The zero-order valence-electron chi connectivity index (χ0n) is 15.9. The Morgan fingerprint density at radius 2 is 1.67 bits per heavy atom. The van der Waals surface area contributed by atoms with Crippen molar-refractivity contribution in [3.05, 3.63) is 59.1 Å². The molecule has 0 fully saturated rings. The van der Waals surface area contributed by atoms with Crippen LogP contribution in [-0.4, -0.2) is 39.0 Å². The summed E-state index contributed by atoms with van der Waals surface area (Å²) in [4.78, 5) is 10.7. The minimum absolute atomic E-state index is 0.00394. The van der Waals surface area contributed by atoms with Crippen LogP contribution in [0.3, 0.4) is 0 Å². The van der Waals surface area contributed by atoms with Gasteiger partial charge in [0.05, 0.1) is 5.92 Å². The quantitative estimate of drug-likeness (QED) is 0.493. The number of rotatable bonds is 9. The third kappa shape index (κ3) is 6.72. The van der Waals surface area contributed by atoms with E-state index in [4.69, 9.17) is 27.2 Å². The number of halogens is 4. The highest BCUT2D eigenvalue weighted by Gasteiger charge is 2.40. The Balaban J connectivity index is 2.15. The molecule has 30 heavy (non-hydrogen) atoms. The molecular weight excluding hydrogens is 441 g/mol. The molecule has 0 spiro atoms. The summed E-state index contributed by atoms with van der Waals surface area (Å²) < 4.78 is 60.9. The summed E-state index contributed by atoms with van der Waals surface area (Å²) in [6, 6.07) is 11.5. The number of alkyl halides is 3. The van der Waals surface area contributed by atoms with Crippen LogP contribution in [0.2, 0.25) is 5.02 Å². The van der Waals surface area contributed by atoms with E-state index in [9.17, 15) is 22.2 Å². The van der Waals surface area contributed by atoms with Gasteiger partial charge in [-0.2, -0.15) is 13.2 Å². The van der Waals surface area contributed by atoms with Gasteiger partial charge in [-0.3, -0.25) is 9.57 Å². The second-order valence-corrected chi connectivity index (χ2v) is 9.79. The number of benzene rings is 2. The van der Waals surface area contributed by atoms with E-state index in [1.165, 1.54) is 12.1 Å². The van der Waals surface area contributed by atoms with Crippen molar-refractivity contribution in [3.8, 4) is 11.1 Å². The molecule has 164 valence electrons. The molecule has 0 aliphatic heterocycles. The SMILES string of the molecule is N=S(=O)(CCC(c1ccc(-c2ccccc2Cl)cc1)C(F)(F)F)CC[C@H](N)C(=O)O. The van der Waals surface area contributed by atoms with Crippen molar-refractivity contribution in [1.29, 1.82) is 4.78 Å². The molecule has 0 aliphatic carbocycles. The predicted molar refractivity (Wildman–Crippen MR) is 111 cm³/mol. The Bertz CT molecular complexity index is 980. The Kier molecular flexibility index (Phi) is 7.90. The van der Waals surface area contributed by atoms with Crippen LogP contribution in [-0.2, 0) is 14.5 Å². The lowest BCUT2D eigenvalue weighted by molar-refractivity contribution is -0.150. The summed E-state index contributed by atoms with van der Waals surface area (Å²) in [7, 11) is -3.39. The first-order valence-corrected chi connectivity index (χ1v) is 11.3. The first kappa shape index (κ1) is 24.2. The van der Waals surface area contributed by atoms with Gasteiger partial charge in [0.2, 0.25) is 0 Å². The van der Waals surface area contributed by atoms with E-state index >= 15 is 0 Å². The fraction of sp³-hybridized carbons (Fsp3) is 0.350. The highest BCUT2D eigenvalue weighted by atomic mass is 35.5. The van der Waals surface area contributed by atoms with Gasteiger partial charge in [0, 0.05) is 31.8 Å². The van der Waals surface area contributed by atoms with E-state index in [1.54, 1.807) is 36.4 Å². The minimum Gasteiger partial charge on any atom is -0.480 e. The lowest BCUT2D eigenvalue weighted by atomic mass is 9.93. The number of carboxylic acid groups (broad SMARTS) is 1. The number of aliphatic carboxylic acids is 1. The standard InChI is InChI=1S/C20H22ClF3N2O3S/c21-17-4-2-1-3-15(17)13-5-7-14(8-6-13)16(20(22,23)24)9-11-30(26,29)12-10-18(25)19(27)28/h1-8,16,18,26H,9-12,25H2,(H,27,28)/t16?,18-,30?/m0/s1. The lowest BCUT2D eigenvalue weighted by Crippen LogP contribution is -2.32. The summed E-state index contributed by atoms with van der Waals surface area (Å²) in [5.74, 6) is -4.07. The van der Waals surface area contributed by atoms with E-state index in [0.717, 1.165) is 0 Å². The van der Waals surface area contributed by atoms with Gasteiger partial charge in [-0.15, -0.1) is 0 Å². The van der Waals surface area contributed by atoms with Gasteiger partial charge in [-0.05, 0) is 30.0 Å². The molecule has 0 heterocycles. The number of nitrogens with one attached hydrogen (secondary N) is 1. The molecule has 0 radical (unpaired) electrons. The van der Waals surface area contributed by atoms with E-state index < -0.39 is 46.0 Å². The number of hydrogen-bond donors (Lipinski definition) is 3. The smallest absolute Gasteiger partial charge is 0.395 e. The maximum Gasteiger partial charge on any atom is 0.395 e.